The van der Waals surface area contributed by atoms with E-state index in [0.29, 0.717) is 5.69 Å². The topological polar surface area (TPSA) is 80.7 Å². The molecule has 116 valence electrons. The normalized spacial score (nSPS) is 16.7. The first-order valence-electron chi connectivity index (χ1n) is 7.00. The van der Waals surface area contributed by atoms with Gasteiger partial charge in [-0.05, 0) is 30.6 Å². The third-order valence-electron chi connectivity index (χ3n) is 3.40. The molecule has 3 rings (SSSR count). The van der Waals surface area contributed by atoms with Gasteiger partial charge in [0.1, 0.15) is 17.3 Å². The van der Waals surface area contributed by atoms with Crippen LogP contribution in [0, 0.1) is 17.7 Å². The Kier molecular flexibility index (Phi) is 4.20. The molecule has 5 N–H and O–H groups in total. The van der Waals surface area contributed by atoms with Crippen LogP contribution in [0.15, 0.2) is 42.0 Å². The number of nitrogens with two attached hydrogens (primary N) is 2. The maximum Gasteiger partial charge on any atom is 0.158 e. The molecule has 1 unspecified atom stereocenters. The number of nitrogen functional groups attached to an aromatic ring is 1. The summed E-state index contributed by atoms with van der Waals surface area (Å²) in [6, 6.07) is 4.46. The van der Waals surface area contributed by atoms with Crippen molar-refractivity contribution in [2.45, 2.75) is 12.5 Å². The molecule has 0 radical (unpaired) electrons. The summed E-state index contributed by atoms with van der Waals surface area (Å²) >= 11 is 6.03. The van der Waals surface area contributed by atoms with Crippen LogP contribution in [0.3, 0.4) is 0 Å². The summed E-state index contributed by atoms with van der Waals surface area (Å²) < 4.78 is 13.9. The minimum Gasteiger partial charge on any atom is -0.381 e. The first kappa shape index (κ1) is 15.3. The van der Waals surface area contributed by atoms with E-state index in [2.05, 4.69) is 21.8 Å². The van der Waals surface area contributed by atoms with Crippen molar-refractivity contribution in [3.8, 4) is 23.2 Å². The van der Waals surface area contributed by atoms with Gasteiger partial charge in [0.15, 0.2) is 5.82 Å². The molecule has 0 aliphatic heterocycles. The van der Waals surface area contributed by atoms with Crippen LogP contribution in [0.25, 0.3) is 11.4 Å². The van der Waals surface area contributed by atoms with Crippen LogP contribution in [-0.4, -0.2) is 16.0 Å². The molecule has 1 atom stereocenters. The lowest BCUT2D eigenvalue weighted by Crippen LogP contribution is -2.17. The van der Waals surface area contributed by atoms with Crippen LogP contribution < -0.4 is 11.5 Å². The zero-order valence-electron chi connectivity index (χ0n) is 12.1. The Morgan fingerprint density at radius 1 is 1.35 bits per heavy atom. The molecule has 2 aromatic rings. The fourth-order valence-electron chi connectivity index (χ4n) is 2.19. The largest absolute Gasteiger partial charge is 0.381 e. The number of imidazole rings is 1. The Hall–Kier alpha value is -2.55. The van der Waals surface area contributed by atoms with Gasteiger partial charge in [-0.25, -0.2) is 9.37 Å². The molecule has 0 fully saturated rings. The molecule has 23 heavy (non-hydrogen) atoms. The van der Waals surface area contributed by atoms with E-state index < -0.39 is 5.82 Å². The lowest BCUT2D eigenvalue weighted by atomic mass is 10.0. The van der Waals surface area contributed by atoms with E-state index in [1.54, 1.807) is 6.07 Å². The van der Waals surface area contributed by atoms with Gasteiger partial charge < -0.3 is 16.5 Å². The highest BCUT2D eigenvalue weighted by molar-refractivity contribution is 6.33. The number of nitrogens with one attached hydrogen (secondary N) is 1. The van der Waals surface area contributed by atoms with E-state index in [0.717, 1.165) is 12.0 Å². The second-order valence-corrected chi connectivity index (χ2v) is 5.52. The number of anilines is 1. The van der Waals surface area contributed by atoms with Crippen molar-refractivity contribution in [2.24, 2.45) is 5.73 Å². The van der Waals surface area contributed by atoms with Gasteiger partial charge in [0.25, 0.3) is 0 Å². The number of aromatic nitrogens is 2. The van der Waals surface area contributed by atoms with Crippen molar-refractivity contribution < 1.29 is 4.39 Å². The van der Waals surface area contributed by atoms with Crippen molar-refractivity contribution in [1.82, 2.24) is 9.97 Å². The quantitative estimate of drug-likeness (QED) is 0.704. The molecule has 1 aliphatic carbocycles. The molecule has 0 spiro atoms. The monoisotopic (exact) mass is 328 g/mol. The van der Waals surface area contributed by atoms with Crippen molar-refractivity contribution in [1.29, 1.82) is 0 Å². The minimum atomic E-state index is -0.474. The summed E-state index contributed by atoms with van der Waals surface area (Å²) in [7, 11) is 0. The van der Waals surface area contributed by atoms with Crippen LogP contribution in [0.5, 0.6) is 0 Å². The van der Waals surface area contributed by atoms with Crippen LogP contribution in [0.2, 0.25) is 5.02 Å². The molecule has 1 heterocycles. The smallest absolute Gasteiger partial charge is 0.158 e. The third kappa shape index (κ3) is 3.29. The number of benzene rings is 1. The van der Waals surface area contributed by atoms with E-state index in [-0.39, 0.29) is 28.3 Å². The maximum atomic E-state index is 13.9. The van der Waals surface area contributed by atoms with Crippen molar-refractivity contribution in [2.75, 3.05) is 5.73 Å². The maximum absolute atomic E-state index is 13.9. The van der Waals surface area contributed by atoms with Gasteiger partial charge in [-0.1, -0.05) is 35.7 Å². The van der Waals surface area contributed by atoms with Gasteiger partial charge in [-0.3, -0.25) is 0 Å². The fourth-order valence-corrected chi connectivity index (χ4v) is 2.44. The number of hydrogen-bond acceptors (Lipinski definition) is 3. The molecule has 0 bridgehead atoms. The van der Waals surface area contributed by atoms with Crippen LogP contribution in [0.1, 0.15) is 12.1 Å². The Balaban J connectivity index is 1.93. The Labute approximate surface area is 138 Å². The first-order chi connectivity index (χ1) is 11.0. The highest BCUT2D eigenvalue weighted by atomic mass is 35.5. The summed E-state index contributed by atoms with van der Waals surface area (Å²) in [5.74, 6) is 5.87. The number of H-pyrrole nitrogens is 1. The first-order valence-corrected chi connectivity index (χ1v) is 7.38. The standard InChI is InChI=1S/C17H14ClFN4/c18-12-2-1-3-13(19)15(12)17-22-14(16(21)23-17)9-6-10-4-7-11(20)8-5-10/h1-5,7,11H,8,20-21H2,(H,22,23). The Morgan fingerprint density at radius 2 is 2.17 bits per heavy atom. The molecule has 1 aliphatic rings. The van der Waals surface area contributed by atoms with E-state index in [4.69, 9.17) is 23.1 Å². The number of nitrogens with zero attached hydrogens (tertiary/aromatic N) is 1. The second-order valence-electron chi connectivity index (χ2n) is 5.11. The van der Waals surface area contributed by atoms with E-state index >= 15 is 0 Å². The summed E-state index contributed by atoms with van der Waals surface area (Å²) in [6.45, 7) is 0. The molecule has 1 aromatic carbocycles. The lowest BCUT2D eigenvalue weighted by molar-refractivity contribution is 0.630. The number of hydrogen-bond donors (Lipinski definition) is 3. The van der Waals surface area contributed by atoms with Crippen LogP contribution >= 0.6 is 11.6 Å². The molecular formula is C17H14ClFN4. The average molecular weight is 329 g/mol. The molecule has 4 nitrogen and oxygen atoms in total. The van der Waals surface area contributed by atoms with Crippen molar-refractivity contribution in [3.63, 3.8) is 0 Å². The number of rotatable bonds is 1. The van der Waals surface area contributed by atoms with Crippen LogP contribution in [-0.2, 0) is 0 Å². The Bertz CT molecular complexity index is 850. The summed E-state index contributed by atoms with van der Waals surface area (Å²) in [4.78, 5) is 7.03. The zero-order chi connectivity index (χ0) is 16.4. The van der Waals surface area contributed by atoms with Gasteiger partial charge in [0.2, 0.25) is 0 Å². The van der Waals surface area contributed by atoms with E-state index in [1.165, 1.54) is 12.1 Å². The van der Waals surface area contributed by atoms with Gasteiger partial charge in [0.05, 0.1) is 10.6 Å². The minimum absolute atomic E-state index is 0.0348. The molecule has 0 amide bonds. The highest BCUT2D eigenvalue weighted by Gasteiger charge is 2.15. The fraction of sp³-hybridized carbons (Fsp3) is 0.118. The third-order valence-corrected chi connectivity index (χ3v) is 3.71. The zero-order valence-corrected chi connectivity index (χ0v) is 12.9. The number of aromatic amines is 1. The van der Waals surface area contributed by atoms with Gasteiger partial charge >= 0.3 is 0 Å². The van der Waals surface area contributed by atoms with Crippen LogP contribution in [0.4, 0.5) is 10.2 Å². The molecule has 6 heteroatoms. The second kappa shape index (κ2) is 6.29. The predicted octanol–water partition coefficient (Wildman–Crippen LogP) is 3.02. The van der Waals surface area contributed by atoms with Crippen molar-refractivity contribution >= 4 is 17.4 Å². The SMILES string of the molecule is Nc1nc(-c2c(F)cccc2Cl)[nH]c1C#CC1=CCC(N)C=C1. The summed E-state index contributed by atoms with van der Waals surface area (Å²) in [5, 5.41) is 0.255. The number of halogens is 2. The van der Waals surface area contributed by atoms with Gasteiger partial charge in [-0.2, -0.15) is 0 Å². The van der Waals surface area contributed by atoms with Crippen molar-refractivity contribution in [3.05, 3.63) is 58.5 Å². The average Bonchev–Trinajstić information content (AvgIpc) is 2.87. The predicted molar refractivity (Wildman–Crippen MR) is 90.1 cm³/mol. The molecule has 0 saturated carbocycles. The summed E-state index contributed by atoms with van der Waals surface area (Å²) in [5.41, 5.74) is 13.1. The van der Waals surface area contributed by atoms with Gasteiger partial charge in [0, 0.05) is 11.6 Å². The van der Waals surface area contributed by atoms with Gasteiger partial charge in [-0.15, -0.1) is 0 Å². The van der Waals surface area contributed by atoms with E-state index in [1.807, 2.05) is 18.2 Å². The number of allylic oxidation sites excluding steroid dienone is 2. The molecule has 0 saturated heterocycles. The lowest BCUT2D eigenvalue weighted by Gasteiger charge is -2.06. The molecule has 1 aromatic heterocycles. The summed E-state index contributed by atoms with van der Waals surface area (Å²) in [6.07, 6.45) is 6.46. The highest BCUT2D eigenvalue weighted by Crippen LogP contribution is 2.29. The van der Waals surface area contributed by atoms with E-state index in [9.17, 15) is 4.39 Å². The molecular weight excluding hydrogens is 315 g/mol. The Morgan fingerprint density at radius 3 is 2.87 bits per heavy atom.